The molecule has 3 heterocycles. The van der Waals surface area contributed by atoms with Crippen molar-refractivity contribution in [2.24, 2.45) is 5.41 Å². The Kier molecular flexibility index (Phi) is 3.65. The van der Waals surface area contributed by atoms with Gasteiger partial charge in [0.05, 0.1) is 0 Å². The van der Waals surface area contributed by atoms with Gasteiger partial charge in [-0.3, -0.25) is 9.80 Å². The first-order chi connectivity index (χ1) is 9.03. The molecule has 3 aliphatic rings. The van der Waals surface area contributed by atoms with E-state index in [1.807, 2.05) is 0 Å². The zero-order valence-electron chi connectivity index (χ0n) is 13.2. The minimum absolute atomic E-state index is 0.690. The number of nitrogens with zero attached hydrogens (tertiary/aromatic N) is 3. The third kappa shape index (κ3) is 2.45. The maximum Gasteiger partial charge on any atom is 0.0212 e. The van der Waals surface area contributed by atoms with Gasteiger partial charge in [0.15, 0.2) is 0 Å². The van der Waals surface area contributed by atoms with Gasteiger partial charge in [0, 0.05) is 49.7 Å². The first-order valence-electron chi connectivity index (χ1n) is 8.25. The number of piperidine rings is 1. The Bertz CT molecular complexity index is 314. The Hall–Kier alpha value is -0.120. The molecule has 0 saturated carbocycles. The lowest BCUT2D eigenvalue weighted by atomic mass is 9.71. The summed E-state index contributed by atoms with van der Waals surface area (Å²) in [7, 11) is 0. The van der Waals surface area contributed by atoms with E-state index >= 15 is 0 Å². The molecule has 0 radical (unpaired) electrons. The van der Waals surface area contributed by atoms with E-state index in [4.69, 9.17) is 0 Å². The van der Waals surface area contributed by atoms with E-state index in [9.17, 15) is 0 Å². The van der Waals surface area contributed by atoms with Gasteiger partial charge < -0.3 is 4.90 Å². The quantitative estimate of drug-likeness (QED) is 0.771. The molecule has 110 valence electrons. The molecule has 3 fully saturated rings. The molecule has 3 heteroatoms. The van der Waals surface area contributed by atoms with Crippen LogP contribution in [0.4, 0.5) is 0 Å². The van der Waals surface area contributed by atoms with Crippen molar-refractivity contribution < 1.29 is 0 Å². The summed E-state index contributed by atoms with van der Waals surface area (Å²) >= 11 is 0. The van der Waals surface area contributed by atoms with E-state index in [0.717, 1.165) is 18.1 Å². The molecule has 1 spiro atoms. The molecule has 3 rings (SSSR count). The third-order valence-corrected chi connectivity index (χ3v) is 5.79. The van der Waals surface area contributed by atoms with Crippen molar-refractivity contribution in [1.82, 2.24) is 14.7 Å². The molecule has 3 saturated heterocycles. The van der Waals surface area contributed by atoms with Gasteiger partial charge in [-0.25, -0.2) is 0 Å². The lowest BCUT2D eigenvalue weighted by Crippen LogP contribution is -2.74. The summed E-state index contributed by atoms with van der Waals surface area (Å²) in [6.45, 7) is 17.3. The van der Waals surface area contributed by atoms with Gasteiger partial charge in [-0.15, -0.1) is 0 Å². The molecule has 0 N–H and O–H groups in total. The highest BCUT2D eigenvalue weighted by Gasteiger charge is 2.53. The van der Waals surface area contributed by atoms with Crippen LogP contribution in [-0.2, 0) is 0 Å². The van der Waals surface area contributed by atoms with Gasteiger partial charge in [0.1, 0.15) is 0 Å². The Labute approximate surface area is 118 Å². The van der Waals surface area contributed by atoms with Gasteiger partial charge in [-0.1, -0.05) is 6.92 Å². The van der Waals surface area contributed by atoms with Crippen molar-refractivity contribution in [2.75, 3.05) is 39.3 Å². The van der Waals surface area contributed by atoms with Crippen molar-refractivity contribution in [2.45, 2.75) is 58.7 Å². The number of likely N-dealkylation sites (tertiary alicyclic amines) is 3. The maximum atomic E-state index is 2.78. The second-order valence-corrected chi connectivity index (χ2v) is 7.56. The van der Waals surface area contributed by atoms with Gasteiger partial charge >= 0.3 is 0 Å². The Morgan fingerprint density at radius 1 is 1.16 bits per heavy atom. The predicted molar refractivity (Wildman–Crippen MR) is 80.4 cm³/mol. The summed E-state index contributed by atoms with van der Waals surface area (Å²) in [4.78, 5) is 8.04. The highest BCUT2D eigenvalue weighted by molar-refractivity contribution is 5.08. The Morgan fingerprint density at radius 3 is 2.37 bits per heavy atom. The highest BCUT2D eigenvalue weighted by atomic mass is 15.3. The SMILES string of the molecule is CCN1CCC(N2CC3(CN(C(C)C)C3)C2)C[C@H]1C. The van der Waals surface area contributed by atoms with Crippen LogP contribution < -0.4 is 0 Å². The molecule has 1 unspecified atom stereocenters. The van der Waals surface area contributed by atoms with E-state index in [1.54, 1.807) is 0 Å². The van der Waals surface area contributed by atoms with Crippen LogP contribution in [0, 0.1) is 5.41 Å². The zero-order chi connectivity index (χ0) is 13.6. The molecule has 0 aromatic carbocycles. The zero-order valence-corrected chi connectivity index (χ0v) is 13.2. The molecule has 0 aromatic rings. The van der Waals surface area contributed by atoms with E-state index in [-0.39, 0.29) is 0 Å². The number of hydrogen-bond donors (Lipinski definition) is 0. The summed E-state index contributed by atoms with van der Waals surface area (Å²) < 4.78 is 0. The smallest absolute Gasteiger partial charge is 0.0212 e. The predicted octanol–water partition coefficient (Wildman–Crippen LogP) is 1.89. The molecule has 2 atom stereocenters. The van der Waals surface area contributed by atoms with Gasteiger partial charge in [-0.05, 0) is 46.7 Å². The van der Waals surface area contributed by atoms with Crippen LogP contribution in [0.1, 0.15) is 40.5 Å². The molecular weight excluding hydrogens is 234 g/mol. The summed E-state index contributed by atoms with van der Waals surface area (Å²) in [5.74, 6) is 0. The molecule has 3 aliphatic heterocycles. The summed E-state index contributed by atoms with van der Waals surface area (Å²) in [6, 6.07) is 2.40. The van der Waals surface area contributed by atoms with Crippen LogP contribution in [0.3, 0.4) is 0 Å². The second-order valence-electron chi connectivity index (χ2n) is 7.56. The minimum Gasteiger partial charge on any atom is -0.301 e. The summed E-state index contributed by atoms with van der Waals surface area (Å²) in [6.07, 6.45) is 2.78. The molecule has 0 bridgehead atoms. The monoisotopic (exact) mass is 265 g/mol. The van der Waals surface area contributed by atoms with Crippen molar-refractivity contribution in [1.29, 1.82) is 0 Å². The Morgan fingerprint density at radius 2 is 1.84 bits per heavy atom. The number of hydrogen-bond acceptors (Lipinski definition) is 3. The van der Waals surface area contributed by atoms with E-state index in [0.29, 0.717) is 5.41 Å². The van der Waals surface area contributed by atoms with Crippen molar-refractivity contribution in [3.8, 4) is 0 Å². The summed E-state index contributed by atoms with van der Waals surface area (Å²) in [5.41, 5.74) is 0.690. The standard InChI is InChI=1S/C16H31N3/c1-5-17-7-6-15(8-14(17)4)19-11-16(12-19)9-18(10-16)13(2)3/h13-15H,5-12H2,1-4H3/t14-,15?/m1/s1. The number of rotatable bonds is 3. The van der Waals surface area contributed by atoms with Gasteiger partial charge in [0.25, 0.3) is 0 Å². The van der Waals surface area contributed by atoms with E-state index in [1.165, 1.54) is 52.1 Å². The summed E-state index contributed by atoms with van der Waals surface area (Å²) in [5, 5.41) is 0. The third-order valence-electron chi connectivity index (χ3n) is 5.79. The van der Waals surface area contributed by atoms with Crippen molar-refractivity contribution in [3.05, 3.63) is 0 Å². The maximum absolute atomic E-state index is 2.78. The van der Waals surface area contributed by atoms with Crippen LogP contribution in [0.5, 0.6) is 0 Å². The average molecular weight is 265 g/mol. The average Bonchev–Trinajstić information content (AvgIpc) is 2.25. The van der Waals surface area contributed by atoms with Crippen molar-refractivity contribution >= 4 is 0 Å². The van der Waals surface area contributed by atoms with Crippen LogP contribution in [-0.4, -0.2) is 72.1 Å². The van der Waals surface area contributed by atoms with E-state index in [2.05, 4.69) is 42.4 Å². The molecular formula is C16H31N3. The first kappa shape index (κ1) is 13.8. The van der Waals surface area contributed by atoms with Gasteiger partial charge in [-0.2, -0.15) is 0 Å². The second kappa shape index (κ2) is 5.01. The fourth-order valence-corrected chi connectivity index (χ4v) is 4.45. The van der Waals surface area contributed by atoms with Crippen LogP contribution in [0.25, 0.3) is 0 Å². The van der Waals surface area contributed by atoms with Crippen LogP contribution >= 0.6 is 0 Å². The van der Waals surface area contributed by atoms with Gasteiger partial charge in [0.2, 0.25) is 0 Å². The molecule has 0 aromatic heterocycles. The van der Waals surface area contributed by atoms with Crippen LogP contribution in [0.2, 0.25) is 0 Å². The first-order valence-corrected chi connectivity index (χ1v) is 8.25. The Balaban J connectivity index is 1.45. The van der Waals surface area contributed by atoms with Crippen LogP contribution in [0.15, 0.2) is 0 Å². The largest absolute Gasteiger partial charge is 0.301 e. The molecule has 0 aliphatic carbocycles. The minimum atomic E-state index is 0.690. The fraction of sp³-hybridized carbons (Fsp3) is 1.00. The lowest BCUT2D eigenvalue weighted by molar-refractivity contribution is -0.146. The molecule has 19 heavy (non-hydrogen) atoms. The normalized spacial score (nSPS) is 36.5. The highest BCUT2D eigenvalue weighted by Crippen LogP contribution is 2.42. The topological polar surface area (TPSA) is 9.72 Å². The fourth-order valence-electron chi connectivity index (χ4n) is 4.45. The van der Waals surface area contributed by atoms with Crippen molar-refractivity contribution in [3.63, 3.8) is 0 Å². The molecule has 0 amide bonds. The lowest BCUT2D eigenvalue weighted by Gasteiger charge is -2.64. The van der Waals surface area contributed by atoms with E-state index < -0.39 is 0 Å². The molecule has 3 nitrogen and oxygen atoms in total.